The molecular formula is H8N3O10P. The predicted molar refractivity (Wildman–Crippen MR) is 36.8 cm³/mol. The van der Waals surface area contributed by atoms with Crippen LogP contribution in [-0.2, 0) is 4.57 Å². The van der Waals surface area contributed by atoms with Crippen LogP contribution in [0.2, 0.25) is 0 Å². The summed E-state index contributed by atoms with van der Waals surface area (Å²) in [6.45, 7) is 0. The zero-order chi connectivity index (χ0) is 11.7. The molecule has 8 N–H and O–H groups in total. The maximum atomic E-state index is 8.88. The molecular weight excluding hydrogens is 233 g/mol. The highest BCUT2D eigenvalue weighted by molar-refractivity contribution is 7.45. The fraction of sp³-hybridized carbons (Fsp3) is 0. The quantitative estimate of drug-likeness (QED) is 0.162. The Balaban J connectivity index is -0.0000000522. The fourth-order valence-corrected chi connectivity index (χ4v) is 0. The van der Waals surface area contributed by atoms with Gasteiger partial charge in [0.25, 0.3) is 10.2 Å². The first-order valence-corrected chi connectivity index (χ1v) is 3.48. The molecule has 0 radical (unpaired) electrons. The van der Waals surface area contributed by atoms with E-state index in [-0.39, 0.29) is 6.15 Å². The van der Waals surface area contributed by atoms with E-state index >= 15 is 0 Å². The molecule has 13 nitrogen and oxygen atoms in total. The van der Waals surface area contributed by atoms with Crippen LogP contribution in [0, 0.1) is 20.2 Å². The third-order valence-electron chi connectivity index (χ3n) is 0. The van der Waals surface area contributed by atoms with Gasteiger partial charge in [-0.1, -0.05) is 0 Å². The summed E-state index contributed by atoms with van der Waals surface area (Å²) < 4.78 is 8.88. The molecule has 0 aromatic rings. The van der Waals surface area contributed by atoms with Crippen LogP contribution in [0.3, 0.4) is 0 Å². The minimum Gasteiger partial charge on any atom is -0.344 e. The molecule has 0 aliphatic carbocycles. The van der Waals surface area contributed by atoms with E-state index in [0.717, 1.165) is 0 Å². The van der Waals surface area contributed by atoms with Gasteiger partial charge in [0.2, 0.25) is 0 Å². The van der Waals surface area contributed by atoms with Crippen LogP contribution in [-0.4, -0.2) is 35.3 Å². The molecule has 0 rings (SSSR count). The molecule has 0 atom stereocenters. The van der Waals surface area contributed by atoms with Crippen molar-refractivity contribution in [1.82, 2.24) is 6.15 Å². The lowest BCUT2D eigenvalue weighted by atomic mass is 13.1. The lowest BCUT2D eigenvalue weighted by Gasteiger charge is -1.82. The Morgan fingerprint density at radius 1 is 0.929 bits per heavy atom. The van der Waals surface area contributed by atoms with Crippen LogP contribution >= 0.6 is 7.82 Å². The highest BCUT2D eigenvalue weighted by atomic mass is 31.2. The molecule has 0 heterocycles. The molecule has 0 aromatic heterocycles. The number of nitrogens with zero attached hydrogens (tertiary/aromatic N) is 2. The third-order valence-corrected chi connectivity index (χ3v) is 0. The maximum Gasteiger partial charge on any atom is 0.466 e. The second-order valence-electron chi connectivity index (χ2n) is 0.989. The Labute approximate surface area is 75.3 Å². The fourth-order valence-electron chi connectivity index (χ4n) is 0. The normalized spacial score (nSPS) is 7.64. The van der Waals surface area contributed by atoms with Gasteiger partial charge in [-0.25, -0.2) is 4.57 Å². The highest BCUT2D eigenvalue weighted by Gasteiger charge is 2.00. The average molecular weight is 241 g/mol. The van der Waals surface area contributed by atoms with E-state index in [2.05, 4.69) is 0 Å². The van der Waals surface area contributed by atoms with Crippen LogP contribution in [0.25, 0.3) is 0 Å². The summed E-state index contributed by atoms with van der Waals surface area (Å²) in [5.74, 6) is 0. The van der Waals surface area contributed by atoms with Crippen molar-refractivity contribution < 1.29 is 39.8 Å². The SMILES string of the molecule is N.O=P(O)(O)O.O=[N+]([O-])O.O=[N+]([O-])O. The van der Waals surface area contributed by atoms with Gasteiger partial charge in [-0.05, 0) is 0 Å². The van der Waals surface area contributed by atoms with Crippen LogP contribution in [0.15, 0.2) is 0 Å². The molecule has 0 saturated heterocycles. The van der Waals surface area contributed by atoms with E-state index in [0.29, 0.717) is 0 Å². The van der Waals surface area contributed by atoms with Gasteiger partial charge in [-0.3, -0.25) is 0 Å². The standard InChI is InChI=1S/2HNO3.H3N.H3O4P/c2*2-1(3)4;;1-5(2,3)4/h2*(H,2,3,4);1H3;(H3,1,2,3,4). The summed E-state index contributed by atoms with van der Waals surface area (Å²) >= 11 is 0. The summed E-state index contributed by atoms with van der Waals surface area (Å²) in [4.78, 5) is 38.3. The molecule has 14 heteroatoms. The number of hydrogen-bond donors (Lipinski definition) is 6. The van der Waals surface area contributed by atoms with Gasteiger partial charge in [0.05, 0.1) is 0 Å². The molecule has 0 saturated carbocycles. The molecule has 0 aromatic carbocycles. The first kappa shape index (κ1) is 22.9. The van der Waals surface area contributed by atoms with Gasteiger partial charge in [-0.2, -0.15) is 0 Å². The summed E-state index contributed by atoms with van der Waals surface area (Å²) in [7, 11) is -4.64. The Kier molecular flexibility index (Phi) is 18.7. The predicted octanol–water partition coefficient (Wildman–Crippen LogP) is -1.46. The summed E-state index contributed by atoms with van der Waals surface area (Å²) in [5, 5.41) is 27.3. The van der Waals surface area contributed by atoms with E-state index in [9.17, 15) is 0 Å². The highest BCUT2D eigenvalue weighted by Crippen LogP contribution is 2.25. The van der Waals surface area contributed by atoms with Crippen LogP contribution in [0.1, 0.15) is 0 Å². The van der Waals surface area contributed by atoms with Crippen molar-refractivity contribution >= 4 is 7.82 Å². The van der Waals surface area contributed by atoms with Gasteiger partial charge in [0.15, 0.2) is 0 Å². The molecule has 0 fully saturated rings. The van der Waals surface area contributed by atoms with Gasteiger partial charge in [0, 0.05) is 0 Å². The molecule has 88 valence electrons. The van der Waals surface area contributed by atoms with Crippen molar-refractivity contribution in [3.63, 3.8) is 0 Å². The molecule has 0 spiro atoms. The van der Waals surface area contributed by atoms with Gasteiger partial charge in [-0.15, -0.1) is 20.2 Å². The molecule has 0 bridgehead atoms. The maximum absolute atomic E-state index is 8.88. The summed E-state index contributed by atoms with van der Waals surface area (Å²) in [5.41, 5.74) is 0. The minimum absolute atomic E-state index is 0. The number of hydrogen-bond acceptors (Lipinski definition) is 6. The molecule has 14 heavy (non-hydrogen) atoms. The lowest BCUT2D eigenvalue weighted by Crippen LogP contribution is -1.81. The molecule has 0 amide bonds. The first-order valence-electron chi connectivity index (χ1n) is 1.91. The second kappa shape index (κ2) is 11.5. The zero-order valence-electron chi connectivity index (χ0n) is 6.33. The lowest BCUT2D eigenvalue weighted by molar-refractivity contribution is -0.742. The van der Waals surface area contributed by atoms with Gasteiger partial charge in [0.1, 0.15) is 0 Å². The Morgan fingerprint density at radius 2 is 0.929 bits per heavy atom. The van der Waals surface area contributed by atoms with Crippen LogP contribution < -0.4 is 6.15 Å². The van der Waals surface area contributed by atoms with E-state index in [1.807, 2.05) is 0 Å². The average Bonchev–Trinajstić information content (AvgIpc) is 1.50. The van der Waals surface area contributed by atoms with Crippen LogP contribution in [0.5, 0.6) is 0 Å². The van der Waals surface area contributed by atoms with E-state index in [4.69, 9.17) is 49.9 Å². The van der Waals surface area contributed by atoms with Gasteiger partial charge >= 0.3 is 7.82 Å². The largest absolute Gasteiger partial charge is 0.466 e. The monoisotopic (exact) mass is 241 g/mol. The van der Waals surface area contributed by atoms with Crippen LogP contribution in [0.4, 0.5) is 0 Å². The molecule has 0 aliphatic heterocycles. The Hall–Kier alpha value is -1.53. The van der Waals surface area contributed by atoms with Gasteiger partial charge < -0.3 is 31.2 Å². The smallest absolute Gasteiger partial charge is 0.344 e. The van der Waals surface area contributed by atoms with E-state index in [1.54, 1.807) is 0 Å². The Morgan fingerprint density at radius 3 is 0.929 bits per heavy atom. The van der Waals surface area contributed by atoms with Crippen molar-refractivity contribution in [2.24, 2.45) is 0 Å². The number of rotatable bonds is 0. The second-order valence-corrected chi connectivity index (χ2v) is 2.02. The zero-order valence-corrected chi connectivity index (χ0v) is 7.22. The molecule has 0 unspecified atom stereocenters. The molecule has 0 aliphatic rings. The van der Waals surface area contributed by atoms with Crippen molar-refractivity contribution in [3.8, 4) is 0 Å². The Bertz CT molecular complexity index is 163. The first-order chi connectivity index (χ1) is 5.46. The van der Waals surface area contributed by atoms with Crippen molar-refractivity contribution in [1.29, 1.82) is 0 Å². The minimum atomic E-state index is -4.64. The summed E-state index contributed by atoms with van der Waals surface area (Å²) in [6, 6.07) is 0. The topological polar surface area (TPSA) is 239 Å². The van der Waals surface area contributed by atoms with Crippen molar-refractivity contribution in [2.45, 2.75) is 0 Å². The van der Waals surface area contributed by atoms with Crippen molar-refractivity contribution in [2.75, 3.05) is 0 Å². The van der Waals surface area contributed by atoms with Crippen molar-refractivity contribution in [3.05, 3.63) is 20.2 Å². The van der Waals surface area contributed by atoms with E-state index in [1.165, 1.54) is 0 Å². The number of phosphoric acid groups is 1. The van der Waals surface area contributed by atoms with E-state index < -0.39 is 18.0 Å². The summed E-state index contributed by atoms with van der Waals surface area (Å²) in [6.07, 6.45) is 0. The third kappa shape index (κ3) is 401.